The molecule has 6 heteroatoms. The van der Waals surface area contributed by atoms with Crippen LogP contribution >= 0.6 is 0 Å². The van der Waals surface area contributed by atoms with Crippen LogP contribution in [0.2, 0.25) is 0 Å². The van der Waals surface area contributed by atoms with Gasteiger partial charge in [-0.2, -0.15) is 0 Å². The van der Waals surface area contributed by atoms with Crippen LogP contribution in [-0.2, 0) is 11.3 Å². The molecule has 3 rings (SSSR count). The normalized spacial score (nSPS) is 18.7. The van der Waals surface area contributed by atoms with Crippen molar-refractivity contribution >= 4 is 5.91 Å². The van der Waals surface area contributed by atoms with Crippen LogP contribution in [0.3, 0.4) is 0 Å². The number of aromatic nitrogens is 1. The molecule has 122 valence electrons. The van der Waals surface area contributed by atoms with Crippen LogP contribution in [-0.4, -0.2) is 29.2 Å². The van der Waals surface area contributed by atoms with E-state index in [0.717, 1.165) is 19.4 Å². The quantitative estimate of drug-likeness (QED) is 0.912. The van der Waals surface area contributed by atoms with E-state index in [1.54, 1.807) is 30.5 Å². The Hall–Kier alpha value is -2.34. The lowest BCUT2D eigenvalue weighted by atomic mass is 10.1. The predicted molar refractivity (Wildman–Crippen MR) is 84.4 cm³/mol. The highest BCUT2D eigenvalue weighted by Crippen LogP contribution is 2.16. The van der Waals surface area contributed by atoms with E-state index in [2.05, 4.69) is 5.32 Å². The largest absolute Gasteiger partial charge is 0.454 e. The number of ether oxygens (including phenoxy) is 1. The Balaban J connectivity index is 1.63. The van der Waals surface area contributed by atoms with Crippen molar-refractivity contribution in [2.75, 3.05) is 6.61 Å². The average molecular weight is 316 g/mol. The van der Waals surface area contributed by atoms with Crippen molar-refractivity contribution in [3.8, 4) is 0 Å². The molecule has 2 aromatic heterocycles. The van der Waals surface area contributed by atoms with Gasteiger partial charge in [0.2, 0.25) is 0 Å². The van der Waals surface area contributed by atoms with Crippen LogP contribution in [0.5, 0.6) is 0 Å². The van der Waals surface area contributed by atoms with E-state index in [-0.39, 0.29) is 29.4 Å². The monoisotopic (exact) mass is 316 g/mol. The SMILES string of the molecule is CC(NC(=O)c1ccc(Cn2ccccc2=O)o1)C1CCCO1. The summed E-state index contributed by atoms with van der Waals surface area (Å²) in [4.78, 5) is 23.9. The molecule has 1 N–H and O–H groups in total. The topological polar surface area (TPSA) is 73.5 Å². The Kier molecular flexibility index (Phi) is 4.62. The maximum atomic E-state index is 12.2. The number of pyridine rings is 1. The molecule has 23 heavy (non-hydrogen) atoms. The summed E-state index contributed by atoms with van der Waals surface area (Å²) < 4.78 is 12.6. The van der Waals surface area contributed by atoms with Crippen LogP contribution in [0.25, 0.3) is 0 Å². The molecule has 2 unspecified atom stereocenters. The zero-order valence-electron chi connectivity index (χ0n) is 13.0. The van der Waals surface area contributed by atoms with Gasteiger partial charge in [-0.05, 0) is 38.0 Å². The fourth-order valence-electron chi connectivity index (χ4n) is 2.71. The molecule has 1 aliphatic heterocycles. The number of carbonyl (C=O) groups is 1. The van der Waals surface area contributed by atoms with E-state index >= 15 is 0 Å². The van der Waals surface area contributed by atoms with Crippen LogP contribution in [0.4, 0.5) is 0 Å². The third-order valence-electron chi connectivity index (χ3n) is 3.99. The van der Waals surface area contributed by atoms with Crippen molar-refractivity contribution in [2.24, 2.45) is 0 Å². The molecule has 1 aliphatic rings. The molecule has 0 radical (unpaired) electrons. The number of amides is 1. The minimum atomic E-state index is -0.264. The van der Waals surface area contributed by atoms with Crippen molar-refractivity contribution in [1.82, 2.24) is 9.88 Å². The molecule has 0 aromatic carbocycles. The van der Waals surface area contributed by atoms with Gasteiger partial charge in [-0.15, -0.1) is 0 Å². The van der Waals surface area contributed by atoms with Gasteiger partial charge in [0, 0.05) is 18.9 Å². The summed E-state index contributed by atoms with van der Waals surface area (Å²) in [6.45, 7) is 2.98. The van der Waals surface area contributed by atoms with E-state index in [9.17, 15) is 9.59 Å². The standard InChI is InChI=1S/C17H20N2O4/c1-12(14-5-4-10-22-14)18-17(21)15-8-7-13(23-15)11-19-9-3-2-6-16(19)20/h2-3,6-9,12,14H,4-5,10-11H2,1H3,(H,18,21). The molecule has 2 aromatic rings. The predicted octanol–water partition coefficient (Wildman–Crippen LogP) is 1.79. The summed E-state index contributed by atoms with van der Waals surface area (Å²) in [7, 11) is 0. The number of rotatable bonds is 5. The Morgan fingerprint density at radius 2 is 2.26 bits per heavy atom. The fraction of sp³-hybridized carbons (Fsp3) is 0.412. The van der Waals surface area contributed by atoms with Gasteiger partial charge in [-0.3, -0.25) is 9.59 Å². The molecule has 0 saturated carbocycles. The summed E-state index contributed by atoms with van der Waals surface area (Å²) >= 11 is 0. The number of nitrogens with zero attached hydrogens (tertiary/aromatic N) is 1. The van der Waals surface area contributed by atoms with E-state index in [4.69, 9.17) is 9.15 Å². The molecule has 0 spiro atoms. The molecule has 1 fully saturated rings. The molecule has 6 nitrogen and oxygen atoms in total. The van der Waals surface area contributed by atoms with Gasteiger partial charge in [0.1, 0.15) is 5.76 Å². The Labute approximate surface area is 134 Å². The van der Waals surface area contributed by atoms with Crippen molar-refractivity contribution in [3.63, 3.8) is 0 Å². The van der Waals surface area contributed by atoms with Gasteiger partial charge in [0.05, 0.1) is 18.7 Å². The van der Waals surface area contributed by atoms with Crippen LogP contribution in [0.15, 0.2) is 45.7 Å². The van der Waals surface area contributed by atoms with E-state index in [1.165, 1.54) is 10.6 Å². The summed E-state index contributed by atoms with van der Waals surface area (Å²) in [5, 5.41) is 2.90. The third-order valence-corrected chi connectivity index (χ3v) is 3.99. The van der Waals surface area contributed by atoms with Gasteiger partial charge in [-0.25, -0.2) is 0 Å². The van der Waals surface area contributed by atoms with E-state index in [0.29, 0.717) is 12.3 Å². The molecular formula is C17H20N2O4. The second-order valence-electron chi connectivity index (χ2n) is 5.75. The highest BCUT2D eigenvalue weighted by molar-refractivity contribution is 5.91. The van der Waals surface area contributed by atoms with Crippen molar-refractivity contribution in [1.29, 1.82) is 0 Å². The number of hydrogen-bond acceptors (Lipinski definition) is 4. The van der Waals surface area contributed by atoms with E-state index < -0.39 is 0 Å². The zero-order chi connectivity index (χ0) is 16.2. The fourth-order valence-corrected chi connectivity index (χ4v) is 2.71. The maximum Gasteiger partial charge on any atom is 0.287 e. The molecule has 0 aliphatic carbocycles. The summed E-state index contributed by atoms with van der Waals surface area (Å²) in [6.07, 6.45) is 3.74. The van der Waals surface area contributed by atoms with Gasteiger partial charge in [0.15, 0.2) is 5.76 Å². The smallest absolute Gasteiger partial charge is 0.287 e. The third kappa shape index (κ3) is 3.71. The Morgan fingerprint density at radius 1 is 1.39 bits per heavy atom. The summed E-state index contributed by atoms with van der Waals surface area (Å²) in [5.74, 6) is 0.543. The highest BCUT2D eigenvalue weighted by Gasteiger charge is 2.24. The first kappa shape index (κ1) is 15.6. The van der Waals surface area contributed by atoms with Crippen LogP contribution in [0, 0.1) is 0 Å². The molecule has 1 amide bonds. The minimum Gasteiger partial charge on any atom is -0.454 e. The lowest BCUT2D eigenvalue weighted by molar-refractivity contribution is 0.0695. The van der Waals surface area contributed by atoms with Gasteiger partial charge in [-0.1, -0.05) is 6.07 Å². The number of nitrogens with one attached hydrogen (secondary N) is 1. The van der Waals surface area contributed by atoms with Gasteiger partial charge >= 0.3 is 0 Å². The minimum absolute atomic E-state index is 0.0599. The lowest BCUT2D eigenvalue weighted by Gasteiger charge is -2.19. The van der Waals surface area contributed by atoms with Gasteiger partial charge < -0.3 is 19.0 Å². The summed E-state index contributed by atoms with van der Waals surface area (Å²) in [5.41, 5.74) is -0.109. The zero-order valence-corrected chi connectivity index (χ0v) is 13.0. The second-order valence-corrected chi connectivity index (χ2v) is 5.75. The van der Waals surface area contributed by atoms with Crippen molar-refractivity contribution < 1.29 is 13.9 Å². The number of carbonyl (C=O) groups excluding carboxylic acids is 1. The first-order valence-corrected chi connectivity index (χ1v) is 7.80. The van der Waals surface area contributed by atoms with Crippen LogP contribution in [0.1, 0.15) is 36.1 Å². The second kappa shape index (κ2) is 6.83. The molecule has 1 saturated heterocycles. The Bertz CT molecular complexity index is 728. The molecule has 2 atom stereocenters. The molecular weight excluding hydrogens is 296 g/mol. The lowest BCUT2D eigenvalue weighted by Crippen LogP contribution is -2.40. The van der Waals surface area contributed by atoms with Gasteiger partial charge in [0.25, 0.3) is 11.5 Å². The maximum absolute atomic E-state index is 12.2. The Morgan fingerprint density at radius 3 is 3.00 bits per heavy atom. The molecule has 0 bridgehead atoms. The number of furan rings is 1. The first-order valence-electron chi connectivity index (χ1n) is 7.80. The van der Waals surface area contributed by atoms with E-state index in [1.807, 2.05) is 6.92 Å². The van der Waals surface area contributed by atoms with Crippen molar-refractivity contribution in [2.45, 2.75) is 38.5 Å². The average Bonchev–Trinajstić information content (AvgIpc) is 3.21. The molecule has 3 heterocycles. The highest BCUT2D eigenvalue weighted by atomic mass is 16.5. The van der Waals surface area contributed by atoms with Crippen molar-refractivity contribution in [3.05, 3.63) is 58.4 Å². The number of hydrogen-bond donors (Lipinski definition) is 1. The summed E-state index contributed by atoms with van der Waals surface area (Å²) in [6, 6.07) is 8.23. The first-order chi connectivity index (χ1) is 11.1. The van der Waals surface area contributed by atoms with Crippen LogP contribution < -0.4 is 10.9 Å².